The highest BCUT2D eigenvalue weighted by Crippen LogP contribution is 2.57. The van der Waals surface area contributed by atoms with Crippen molar-refractivity contribution in [3.05, 3.63) is 169 Å². The van der Waals surface area contributed by atoms with E-state index in [4.69, 9.17) is 0 Å². The zero-order valence-electron chi connectivity index (χ0n) is 42.5. The molecular formula is C66H40B6N6. The SMILES string of the molecule is B1CN2c3ccccc3B3c4ccccc4N4c5ccccc5B5CN6CB7c8ccccc8N8CB9c%10ccccc%10N%10CC%11B%12c%13c(cccc%13-c%13ccccc%13%11)Nc%11c%12c%10c9c9c8c7c7c6c6c5c4c3c2c6c1c7c%119. The number of anilines is 12. The summed E-state index contributed by atoms with van der Waals surface area (Å²) in [5.41, 5.74) is 39.4. The van der Waals surface area contributed by atoms with Crippen molar-refractivity contribution in [2.75, 3.05) is 62.1 Å². The van der Waals surface area contributed by atoms with Crippen molar-refractivity contribution in [3.8, 4) is 11.1 Å². The first-order chi connectivity index (χ1) is 38.8. The van der Waals surface area contributed by atoms with E-state index >= 15 is 0 Å². The fourth-order valence-corrected chi connectivity index (χ4v) is 19.8. The van der Waals surface area contributed by atoms with Crippen LogP contribution in [-0.2, 0) is 0 Å². The van der Waals surface area contributed by atoms with Crippen molar-refractivity contribution in [1.29, 1.82) is 0 Å². The van der Waals surface area contributed by atoms with Crippen LogP contribution in [0.4, 0.5) is 68.2 Å². The van der Waals surface area contributed by atoms with Crippen LogP contribution >= 0.6 is 0 Å². The van der Waals surface area contributed by atoms with Crippen molar-refractivity contribution in [2.45, 2.75) is 5.82 Å². The van der Waals surface area contributed by atoms with Gasteiger partial charge in [-0.25, -0.2) is 0 Å². The lowest BCUT2D eigenvalue weighted by Crippen LogP contribution is -2.71. The minimum Gasteiger partial charge on any atom is -0.384 e. The molecule has 12 aliphatic rings. The number of hydrogen-bond donors (Lipinski definition) is 1. The second-order valence-corrected chi connectivity index (χ2v) is 24.7. The Balaban J connectivity index is 0.978. The van der Waals surface area contributed by atoms with Gasteiger partial charge in [-0.2, -0.15) is 0 Å². The molecule has 11 aromatic carbocycles. The average Bonchev–Trinajstić information content (AvgIpc) is 1.02. The summed E-state index contributed by atoms with van der Waals surface area (Å²) in [7, 11) is 0.975. The van der Waals surface area contributed by atoms with Crippen molar-refractivity contribution in [2.24, 2.45) is 0 Å². The lowest BCUT2D eigenvalue weighted by atomic mass is 9.25. The number of rotatable bonds is 0. The molecule has 0 bridgehead atoms. The molecule has 78 heavy (non-hydrogen) atoms. The van der Waals surface area contributed by atoms with Gasteiger partial charge in [0.2, 0.25) is 26.9 Å². The number of para-hydroxylation sites is 5. The van der Waals surface area contributed by atoms with E-state index in [1.165, 1.54) is 161 Å². The summed E-state index contributed by atoms with van der Waals surface area (Å²) in [6.07, 6.45) is 3.79. The van der Waals surface area contributed by atoms with E-state index in [0.29, 0.717) is 5.82 Å². The molecule has 1 unspecified atom stereocenters. The molecule has 0 fully saturated rings. The van der Waals surface area contributed by atoms with Gasteiger partial charge in [0, 0.05) is 122 Å². The van der Waals surface area contributed by atoms with Crippen molar-refractivity contribution >= 4 is 207 Å². The minimum atomic E-state index is 0.126. The lowest BCUT2D eigenvalue weighted by Gasteiger charge is -2.55. The van der Waals surface area contributed by atoms with Gasteiger partial charge in [0.25, 0.3) is 6.71 Å². The molecule has 0 radical (unpaired) electrons. The monoisotopic (exact) mass is 982 g/mol. The Labute approximate surface area is 452 Å². The average molecular weight is 982 g/mol. The molecule has 12 aliphatic heterocycles. The third-order valence-corrected chi connectivity index (χ3v) is 22.1. The van der Waals surface area contributed by atoms with Crippen LogP contribution < -0.4 is 95.4 Å². The number of benzene rings is 11. The van der Waals surface area contributed by atoms with Gasteiger partial charge in [0.1, 0.15) is 0 Å². The summed E-state index contributed by atoms with van der Waals surface area (Å²) >= 11 is 0. The first-order valence-corrected chi connectivity index (χ1v) is 28.8. The minimum absolute atomic E-state index is 0.126. The maximum absolute atomic E-state index is 4.49. The molecular weight excluding hydrogens is 942 g/mol. The molecule has 12 heterocycles. The fourth-order valence-electron chi connectivity index (χ4n) is 19.8. The molecule has 0 aromatic heterocycles. The molecule has 0 spiro atoms. The quantitative estimate of drug-likeness (QED) is 0.138. The second-order valence-electron chi connectivity index (χ2n) is 24.7. The van der Waals surface area contributed by atoms with Gasteiger partial charge in [0.05, 0.1) is 5.69 Å². The molecule has 352 valence electrons. The van der Waals surface area contributed by atoms with Gasteiger partial charge in [0.15, 0.2) is 7.28 Å². The van der Waals surface area contributed by atoms with Crippen molar-refractivity contribution in [1.82, 2.24) is 0 Å². The van der Waals surface area contributed by atoms with Crippen LogP contribution in [-0.4, -0.2) is 73.2 Å². The lowest BCUT2D eigenvalue weighted by molar-refractivity contribution is 0.860. The Kier molecular flexibility index (Phi) is 6.25. The predicted octanol–water partition coefficient (Wildman–Crippen LogP) is 4.42. The third-order valence-electron chi connectivity index (χ3n) is 22.1. The first kappa shape index (κ1) is 38.9. The van der Waals surface area contributed by atoms with Gasteiger partial charge in [-0.1, -0.05) is 133 Å². The summed E-state index contributed by atoms with van der Waals surface area (Å²) in [6.45, 7) is 1.98. The molecule has 0 saturated carbocycles. The van der Waals surface area contributed by atoms with Crippen LogP contribution in [0.2, 0.25) is 0 Å². The summed E-state index contributed by atoms with van der Waals surface area (Å²) < 4.78 is 0. The summed E-state index contributed by atoms with van der Waals surface area (Å²) in [5.74, 6) is 0.299. The van der Waals surface area contributed by atoms with E-state index in [0.717, 1.165) is 39.6 Å². The molecule has 1 N–H and O–H groups in total. The van der Waals surface area contributed by atoms with Crippen LogP contribution in [0.25, 0.3) is 43.4 Å². The summed E-state index contributed by atoms with van der Waals surface area (Å²) in [5, 5.41) is 13.6. The number of nitrogens with zero attached hydrogens (tertiary/aromatic N) is 5. The molecule has 6 nitrogen and oxygen atoms in total. The summed E-state index contributed by atoms with van der Waals surface area (Å²) in [4.78, 5) is 14.2. The van der Waals surface area contributed by atoms with Crippen LogP contribution in [0.3, 0.4) is 0 Å². The highest BCUT2D eigenvalue weighted by atomic mass is 15.2. The van der Waals surface area contributed by atoms with E-state index in [1.54, 1.807) is 21.9 Å². The first-order valence-electron chi connectivity index (χ1n) is 28.8. The topological polar surface area (TPSA) is 28.2 Å². The summed E-state index contributed by atoms with van der Waals surface area (Å²) in [6, 6.07) is 64.2. The van der Waals surface area contributed by atoms with E-state index in [-0.39, 0.29) is 33.6 Å². The largest absolute Gasteiger partial charge is 0.384 e. The van der Waals surface area contributed by atoms with E-state index in [9.17, 15) is 0 Å². The fraction of sp³-hybridized carbons (Fsp3) is 0.0909. The highest BCUT2D eigenvalue weighted by Gasteiger charge is 2.58. The molecule has 1 atom stereocenters. The predicted molar refractivity (Wildman–Crippen MR) is 336 cm³/mol. The molecule has 23 rings (SSSR count). The molecule has 0 amide bonds. The zero-order valence-corrected chi connectivity index (χ0v) is 42.5. The highest BCUT2D eigenvalue weighted by molar-refractivity contribution is 7.04. The molecule has 0 aliphatic carbocycles. The maximum Gasteiger partial charge on any atom is 0.252 e. The van der Waals surface area contributed by atoms with Crippen LogP contribution in [0.5, 0.6) is 0 Å². The van der Waals surface area contributed by atoms with E-state index < -0.39 is 0 Å². The normalized spacial score (nSPS) is 18.3. The molecule has 0 saturated heterocycles. The Hall–Kier alpha value is -8.61. The molecule has 11 aromatic rings. The van der Waals surface area contributed by atoms with Crippen molar-refractivity contribution in [3.63, 3.8) is 0 Å². The molecule has 12 heteroatoms. The Bertz CT molecular complexity index is 4920. The van der Waals surface area contributed by atoms with Gasteiger partial charge < -0.3 is 29.8 Å². The van der Waals surface area contributed by atoms with Gasteiger partial charge in [-0.05, 0) is 124 Å². The van der Waals surface area contributed by atoms with E-state index in [2.05, 4.69) is 194 Å². The Morgan fingerprint density at radius 3 is 1.76 bits per heavy atom. The number of fused-ring (bicyclic) bond motifs is 21. The van der Waals surface area contributed by atoms with Crippen LogP contribution in [0.15, 0.2) is 164 Å². The number of hydrogen-bond acceptors (Lipinski definition) is 6. The standard InChI is InChI=1S/C66H40B6N6/c1-2-15-34-33(14-1)35-16-13-22-42-55(35)72-41(34)28-75-43-23-8-3-17-36(43)70-32-77-44-24-9-4-18-37(44)68-30-74-31-69-38-19-5-11-26-46(38)78-47-27-12-7-21-40(47)71-39-20-6-10-25-45(39)76-29-67-54-48-49-52(57(70)65(75)59(72)61(49)73-42)64(77)56(68)51(48)62(74)53-50(54)63(76)60(71)66(78)58(53)69/h1-27,41,67,73H,28-32H2. The maximum atomic E-state index is 4.49. The third kappa shape index (κ3) is 3.89. The van der Waals surface area contributed by atoms with Gasteiger partial charge in [-0.3, -0.25) is 0 Å². The van der Waals surface area contributed by atoms with E-state index in [1.807, 2.05) is 0 Å². The second kappa shape index (κ2) is 12.5. The zero-order chi connectivity index (χ0) is 49.4. The van der Waals surface area contributed by atoms with Crippen molar-refractivity contribution < 1.29 is 0 Å². The van der Waals surface area contributed by atoms with Crippen LogP contribution in [0, 0.1) is 0 Å². The van der Waals surface area contributed by atoms with Gasteiger partial charge in [-0.15, -0.1) is 0 Å². The Morgan fingerprint density at radius 1 is 0.410 bits per heavy atom. The number of nitrogens with one attached hydrogen (secondary N) is 1. The van der Waals surface area contributed by atoms with Crippen LogP contribution in [0.1, 0.15) is 11.4 Å². The smallest absolute Gasteiger partial charge is 0.252 e. The van der Waals surface area contributed by atoms with Gasteiger partial charge >= 0.3 is 0 Å². The Morgan fingerprint density at radius 2 is 0.974 bits per heavy atom.